The van der Waals surface area contributed by atoms with Crippen LogP contribution in [0, 0.1) is 0 Å². The van der Waals surface area contributed by atoms with Crippen LogP contribution in [0.3, 0.4) is 0 Å². The van der Waals surface area contributed by atoms with Crippen LogP contribution in [0.5, 0.6) is 0 Å². The monoisotopic (exact) mass is 411 g/mol. The molecule has 156 valence electrons. The SMILES string of the molecule is COC(=O)c1cccc(-c2ccnc(N(CC(F)(F)F)C(=O)OC(C)(C)C)c2)n1. The van der Waals surface area contributed by atoms with E-state index in [4.69, 9.17) is 4.74 Å². The van der Waals surface area contributed by atoms with Crippen molar-refractivity contribution in [3.8, 4) is 11.3 Å². The maximum absolute atomic E-state index is 13.0. The standard InChI is InChI=1S/C19H20F3N3O4/c1-18(2,3)29-17(27)25(11-19(20,21)22)15-10-12(8-9-23-15)13-6-5-7-14(24-13)16(26)28-4/h5-10H,11H2,1-4H3. The third kappa shape index (κ3) is 6.44. The first kappa shape index (κ1) is 22.1. The van der Waals surface area contributed by atoms with Crippen molar-refractivity contribution >= 4 is 17.9 Å². The quantitative estimate of drug-likeness (QED) is 0.701. The van der Waals surface area contributed by atoms with E-state index in [0.29, 0.717) is 16.2 Å². The summed E-state index contributed by atoms with van der Waals surface area (Å²) in [7, 11) is 1.21. The molecule has 0 aliphatic heterocycles. The lowest BCUT2D eigenvalue weighted by atomic mass is 10.1. The first-order chi connectivity index (χ1) is 13.4. The van der Waals surface area contributed by atoms with Crippen molar-refractivity contribution in [2.24, 2.45) is 0 Å². The predicted octanol–water partition coefficient (Wildman–Crippen LogP) is 4.23. The summed E-state index contributed by atoms with van der Waals surface area (Å²) >= 11 is 0. The summed E-state index contributed by atoms with van der Waals surface area (Å²) < 4.78 is 48.8. The van der Waals surface area contributed by atoms with Crippen molar-refractivity contribution in [2.45, 2.75) is 32.5 Å². The van der Waals surface area contributed by atoms with Crippen LogP contribution in [-0.2, 0) is 9.47 Å². The summed E-state index contributed by atoms with van der Waals surface area (Å²) in [6.07, 6.45) is -4.61. The fourth-order valence-electron chi connectivity index (χ4n) is 2.27. The topological polar surface area (TPSA) is 81.6 Å². The molecule has 0 bridgehead atoms. The third-order valence-electron chi connectivity index (χ3n) is 3.41. The van der Waals surface area contributed by atoms with E-state index < -0.39 is 30.4 Å². The summed E-state index contributed by atoms with van der Waals surface area (Å²) in [4.78, 5) is 32.4. The van der Waals surface area contributed by atoms with Crippen molar-refractivity contribution in [1.82, 2.24) is 9.97 Å². The van der Waals surface area contributed by atoms with Crippen molar-refractivity contribution in [3.63, 3.8) is 0 Å². The van der Waals surface area contributed by atoms with Crippen LogP contribution in [-0.4, -0.2) is 47.5 Å². The van der Waals surface area contributed by atoms with Gasteiger partial charge >= 0.3 is 18.2 Å². The Hall–Kier alpha value is -3.17. The lowest BCUT2D eigenvalue weighted by Gasteiger charge is -2.27. The molecular weight excluding hydrogens is 391 g/mol. The van der Waals surface area contributed by atoms with E-state index >= 15 is 0 Å². The zero-order chi connectivity index (χ0) is 21.8. The minimum absolute atomic E-state index is 0.0302. The second kappa shape index (κ2) is 8.46. The average molecular weight is 411 g/mol. The zero-order valence-electron chi connectivity index (χ0n) is 16.3. The molecule has 0 aliphatic carbocycles. The van der Waals surface area contributed by atoms with Crippen molar-refractivity contribution in [1.29, 1.82) is 0 Å². The molecular formula is C19H20F3N3O4. The van der Waals surface area contributed by atoms with Gasteiger partial charge in [-0.3, -0.25) is 4.90 Å². The smallest absolute Gasteiger partial charge is 0.416 e. The number of hydrogen-bond donors (Lipinski definition) is 0. The Balaban J connectivity index is 2.44. The lowest BCUT2D eigenvalue weighted by molar-refractivity contribution is -0.119. The second-order valence-corrected chi connectivity index (χ2v) is 6.98. The van der Waals surface area contributed by atoms with E-state index in [-0.39, 0.29) is 11.5 Å². The van der Waals surface area contributed by atoms with Gasteiger partial charge in [-0.2, -0.15) is 13.2 Å². The number of amides is 1. The molecule has 0 saturated carbocycles. The second-order valence-electron chi connectivity index (χ2n) is 6.98. The fraction of sp³-hybridized carbons (Fsp3) is 0.368. The minimum Gasteiger partial charge on any atom is -0.464 e. The van der Waals surface area contributed by atoms with E-state index in [1.807, 2.05) is 0 Å². The number of ether oxygens (including phenoxy) is 2. The molecule has 0 unspecified atom stereocenters. The maximum Gasteiger partial charge on any atom is 0.416 e. The van der Waals surface area contributed by atoms with Gasteiger partial charge in [-0.15, -0.1) is 0 Å². The normalized spacial score (nSPS) is 11.7. The van der Waals surface area contributed by atoms with Gasteiger partial charge in [-0.1, -0.05) is 6.07 Å². The number of nitrogens with zero attached hydrogens (tertiary/aromatic N) is 3. The lowest BCUT2D eigenvalue weighted by Crippen LogP contribution is -2.42. The van der Waals surface area contributed by atoms with Gasteiger partial charge in [0.2, 0.25) is 0 Å². The fourth-order valence-corrected chi connectivity index (χ4v) is 2.27. The largest absolute Gasteiger partial charge is 0.464 e. The van der Waals surface area contributed by atoms with Gasteiger partial charge in [0.15, 0.2) is 0 Å². The maximum atomic E-state index is 13.0. The Morgan fingerprint density at radius 3 is 2.41 bits per heavy atom. The van der Waals surface area contributed by atoms with Crippen LogP contribution >= 0.6 is 0 Å². The summed E-state index contributed by atoms with van der Waals surface area (Å²) in [6.45, 7) is 3.06. The van der Waals surface area contributed by atoms with Gasteiger partial charge in [0, 0.05) is 11.8 Å². The number of carbonyl (C=O) groups excluding carboxylic acids is 2. The molecule has 2 aromatic rings. The Morgan fingerprint density at radius 2 is 1.83 bits per heavy atom. The van der Waals surface area contributed by atoms with Crippen molar-refractivity contribution in [2.75, 3.05) is 18.6 Å². The number of halogens is 3. The van der Waals surface area contributed by atoms with E-state index in [9.17, 15) is 22.8 Å². The Labute approximate surface area is 165 Å². The Bertz CT molecular complexity index is 895. The number of alkyl halides is 3. The highest BCUT2D eigenvalue weighted by atomic mass is 19.4. The van der Waals surface area contributed by atoms with Gasteiger partial charge in [0.25, 0.3) is 0 Å². The average Bonchev–Trinajstić information content (AvgIpc) is 2.63. The molecule has 0 N–H and O–H groups in total. The highest BCUT2D eigenvalue weighted by Crippen LogP contribution is 2.26. The highest BCUT2D eigenvalue weighted by Gasteiger charge is 2.36. The molecule has 7 nitrogen and oxygen atoms in total. The molecule has 29 heavy (non-hydrogen) atoms. The van der Waals surface area contributed by atoms with Gasteiger partial charge < -0.3 is 9.47 Å². The number of rotatable bonds is 4. The number of anilines is 1. The zero-order valence-corrected chi connectivity index (χ0v) is 16.3. The number of esters is 1. The van der Waals surface area contributed by atoms with Crippen LogP contribution < -0.4 is 4.90 Å². The van der Waals surface area contributed by atoms with Crippen molar-refractivity contribution < 1.29 is 32.2 Å². The Morgan fingerprint density at radius 1 is 1.14 bits per heavy atom. The molecule has 0 atom stereocenters. The Kier molecular flexibility index (Phi) is 6.45. The first-order valence-corrected chi connectivity index (χ1v) is 8.49. The number of carbonyl (C=O) groups is 2. The molecule has 1 amide bonds. The van der Waals surface area contributed by atoms with E-state index in [2.05, 4.69) is 14.7 Å². The third-order valence-corrected chi connectivity index (χ3v) is 3.41. The van der Waals surface area contributed by atoms with Crippen LogP contribution in [0.25, 0.3) is 11.3 Å². The predicted molar refractivity (Wildman–Crippen MR) is 98.4 cm³/mol. The number of pyridine rings is 2. The summed E-state index contributed by atoms with van der Waals surface area (Å²) in [5.74, 6) is -0.923. The molecule has 0 radical (unpaired) electrons. The summed E-state index contributed by atoms with van der Waals surface area (Å²) in [5.41, 5.74) is -0.304. The molecule has 2 rings (SSSR count). The molecule has 2 aromatic heterocycles. The van der Waals surface area contributed by atoms with Crippen LogP contribution in [0.1, 0.15) is 31.3 Å². The summed E-state index contributed by atoms with van der Waals surface area (Å²) in [5, 5.41) is 0. The van der Waals surface area contributed by atoms with E-state index in [1.54, 1.807) is 32.9 Å². The van der Waals surface area contributed by atoms with E-state index in [1.165, 1.54) is 31.5 Å². The van der Waals surface area contributed by atoms with Gasteiger partial charge in [0.05, 0.1) is 12.8 Å². The number of aromatic nitrogens is 2. The van der Waals surface area contributed by atoms with Crippen LogP contribution in [0.15, 0.2) is 36.5 Å². The summed E-state index contributed by atoms with van der Waals surface area (Å²) in [6, 6.07) is 7.31. The molecule has 10 heteroatoms. The van der Waals surface area contributed by atoms with Gasteiger partial charge in [-0.05, 0) is 45.0 Å². The highest BCUT2D eigenvalue weighted by molar-refractivity contribution is 5.89. The minimum atomic E-state index is -4.67. The first-order valence-electron chi connectivity index (χ1n) is 8.49. The van der Waals surface area contributed by atoms with Crippen LogP contribution in [0.2, 0.25) is 0 Å². The molecule has 0 aromatic carbocycles. The molecule has 0 spiro atoms. The molecule has 0 fully saturated rings. The van der Waals surface area contributed by atoms with E-state index in [0.717, 1.165) is 0 Å². The number of methoxy groups -OCH3 is 1. The van der Waals surface area contributed by atoms with Crippen molar-refractivity contribution in [3.05, 3.63) is 42.2 Å². The molecule has 0 aliphatic rings. The molecule has 0 saturated heterocycles. The van der Waals surface area contributed by atoms with Gasteiger partial charge in [0.1, 0.15) is 23.7 Å². The van der Waals surface area contributed by atoms with Gasteiger partial charge in [-0.25, -0.2) is 19.6 Å². The van der Waals surface area contributed by atoms with Crippen LogP contribution in [0.4, 0.5) is 23.8 Å². The molecule has 2 heterocycles. The number of hydrogen-bond acceptors (Lipinski definition) is 6.